The number of ether oxygens (including phenoxy) is 2. The maximum Gasteiger partial charge on any atom is 0.251 e. The normalized spacial score (nSPS) is 16.0. The van der Waals surface area contributed by atoms with Crippen LogP contribution in [0.25, 0.3) is 0 Å². The SMILES string of the molecule is COCCNC(=O)c1ccc(N2CCC(OC)CC2)cc1. The van der Waals surface area contributed by atoms with Gasteiger partial charge in [-0.3, -0.25) is 4.79 Å². The zero-order chi connectivity index (χ0) is 15.1. The molecule has 0 saturated carbocycles. The Morgan fingerprint density at radius 2 is 1.90 bits per heavy atom. The summed E-state index contributed by atoms with van der Waals surface area (Å²) in [6.07, 6.45) is 2.48. The van der Waals surface area contributed by atoms with Crippen LogP contribution in [0.4, 0.5) is 5.69 Å². The minimum Gasteiger partial charge on any atom is -0.383 e. The second-order valence-corrected chi connectivity index (χ2v) is 5.22. The molecule has 1 amide bonds. The van der Waals surface area contributed by atoms with Crippen molar-refractivity contribution in [3.8, 4) is 0 Å². The molecular formula is C16H24N2O3. The molecule has 5 nitrogen and oxygen atoms in total. The van der Waals surface area contributed by atoms with Gasteiger partial charge in [0, 0.05) is 45.1 Å². The van der Waals surface area contributed by atoms with Crippen LogP contribution in [-0.4, -0.2) is 52.5 Å². The Hall–Kier alpha value is -1.59. The van der Waals surface area contributed by atoms with E-state index in [0.717, 1.165) is 31.6 Å². The van der Waals surface area contributed by atoms with Crippen molar-refractivity contribution in [2.24, 2.45) is 0 Å². The van der Waals surface area contributed by atoms with Gasteiger partial charge in [-0.15, -0.1) is 0 Å². The number of rotatable bonds is 6. The topological polar surface area (TPSA) is 50.8 Å². The zero-order valence-corrected chi connectivity index (χ0v) is 12.8. The molecule has 1 N–H and O–H groups in total. The van der Waals surface area contributed by atoms with E-state index in [-0.39, 0.29) is 5.91 Å². The number of hydrogen-bond donors (Lipinski definition) is 1. The summed E-state index contributed by atoms with van der Waals surface area (Å²) in [6, 6.07) is 7.77. The average molecular weight is 292 g/mol. The highest BCUT2D eigenvalue weighted by Gasteiger charge is 2.18. The molecule has 2 rings (SSSR count). The number of methoxy groups -OCH3 is 2. The first-order valence-corrected chi connectivity index (χ1v) is 7.39. The van der Waals surface area contributed by atoms with Gasteiger partial charge in [-0.1, -0.05) is 0 Å². The summed E-state index contributed by atoms with van der Waals surface area (Å²) < 4.78 is 10.3. The van der Waals surface area contributed by atoms with E-state index in [2.05, 4.69) is 10.2 Å². The molecule has 21 heavy (non-hydrogen) atoms. The van der Waals surface area contributed by atoms with E-state index >= 15 is 0 Å². The van der Waals surface area contributed by atoms with Crippen molar-refractivity contribution in [2.75, 3.05) is 45.4 Å². The summed E-state index contributed by atoms with van der Waals surface area (Å²) in [4.78, 5) is 14.2. The average Bonchev–Trinajstić information content (AvgIpc) is 2.55. The maximum atomic E-state index is 11.9. The van der Waals surface area contributed by atoms with Crippen molar-refractivity contribution in [1.82, 2.24) is 5.32 Å². The van der Waals surface area contributed by atoms with Gasteiger partial charge in [-0.25, -0.2) is 0 Å². The molecule has 1 aliphatic heterocycles. The van der Waals surface area contributed by atoms with Crippen molar-refractivity contribution in [3.63, 3.8) is 0 Å². The van der Waals surface area contributed by atoms with E-state index in [4.69, 9.17) is 9.47 Å². The van der Waals surface area contributed by atoms with Gasteiger partial charge < -0.3 is 19.7 Å². The Labute approximate surface area is 126 Å². The van der Waals surface area contributed by atoms with Crippen LogP contribution >= 0.6 is 0 Å². The molecule has 0 aliphatic carbocycles. The van der Waals surface area contributed by atoms with E-state index in [1.54, 1.807) is 14.2 Å². The molecule has 1 heterocycles. The molecule has 0 aromatic heterocycles. The summed E-state index contributed by atoms with van der Waals surface area (Å²) in [5, 5.41) is 2.82. The molecule has 1 fully saturated rings. The van der Waals surface area contributed by atoms with E-state index < -0.39 is 0 Å². The summed E-state index contributed by atoms with van der Waals surface area (Å²) in [6.45, 7) is 3.05. The molecule has 116 valence electrons. The first-order valence-electron chi connectivity index (χ1n) is 7.39. The van der Waals surface area contributed by atoms with Crippen LogP contribution in [0.2, 0.25) is 0 Å². The van der Waals surface area contributed by atoms with Gasteiger partial charge in [0.25, 0.3) is 5.91 Å². The molecule has 0 unspecified atom stereocenters. The van der Waals surface area contributed by atoms with Crippen molar-refractivity contribution in [2.45, 2.75) is 18.9 Å². The molecule has 5 heteroatoms. The number of hydrogen-bond acceptors (Lipinski definition) is 4. The standard InChI is InChI=1S/C16H24N2O3/c1-20-12-9-17-16(19)13-3-5-14(6-4-13)18-10-7-15(21-2)8-11-18/h3-6,15H,7-12H2,1-2H3,(H,17,19). The third-order valence-electron chi connectivity index (χ3n) is 3.86. The lowest BCUT2D eigenvalue weighted by molar-refractivity contribution is 0.0819. The molecule has 1 aromatic rings. The summed E-state index contributed by atoms with van der Waals surface area (Å²) in [7, 11) is 3.39. The molecule has 0 atom stereocenters. The third kappa shape index (κ3) is 4.44. The number of piperidine rings is 1. The molecular weight excluding hydrogens is 268 g/mol. The fourth-order valence-corrected chi connectivity index (χ4v) is 2.54. The van der Waals surface area contributed by atoms with Crippen LogP contribution in [0.5, 0.6) is 0 Å². The van der Waals surface area contributed by atoms with E-state index in [9.17, 15) is 4.79 Å². The van der Waals surface area contributed by atoms with Gasteiger partial charge in [0.05, 0.1) is 12.7 Å². The largest absolute Gasteiger partial charge is 0.383 e. The van der Waals surface area contributed by atoms with Gasteiger partial charge in [-0.05, 0) is 37.1 Å². The molecule has 0 bridgehead atoms. The van der Waals surface area contributed by atoms with Crippen LogP contribution in [0.3, 0.4) is 0 Å². The number of anilines is 1. The number of nitrogens with one attached hydrogen (secondary N) is 1. The minimum atomic E-state index is -0.0586. The van der Waals surface area contributed by atoms with Gasteiger partial charge in [0.2, 0.25) is 0 Å². The molecule has 1 saturated heterocycles. The second-order valence-electron chi connectivity index (χ2n) is 5.22. The number of nitrogens with zero attached hydrogens (tertiary/aromatic N) is 1. The Kier molecular flexibility index (Phi) is 6.02. The zero-order valence-electron chi connectivity index (χ0n) is 12.8. The van der Waals surface area contributed by atoms with Crippen molar-refractivity contribution in [1.29, 1.82) is 0 Å². The van der Waals surface area contributed by atoms with Crippen molar-refractivity contribution >= 4 is 11.6 Å². The monoisotopic (exact) mass is 292 g/mol. The Balaban J connectivity index is 1.88. The predicted molar refractivity (Wildman–Crippen MR) is 82.9 cm³/mol. The maximum absolute atomic E-state index is 11.9. The Morgan fingerprint density at radius 3 is 2.48 bits per heavy atom. The van der Waals surface area contributed by atoms with Gasteiger partial charge in [-0.2, -0.15) is 0 Å². The van der Waals surface area contributed by atoms with Crippen LogP contribution in [0, 0.1) is 0 Å². The molecule has 1 aliphatic rings. The minimum absolute atomic E-state index is 0.0586. The van der Waals surface area contributed by atoms with Crippen LogP contribution in [0.15, 0.2) is 24.3 Å². The molecule has 0 spiro atoms. The highest BCUT2D eigenvalue weighted by molar-refractivity contribution is 5.94. The highest BCUT2D eigenvalue weighted by atomic mass is 16.5. The second kappa shape index (κ2) is 8.00. The quantitative estimate of drug-likeness (QED) is 0.811. The van der Waals surface area contributed by atoms with E-state index in [0.29, 0.717) is 24.8 Å². The Bertz CT molecular complexity index is 439. The first-order chi connectivity index (χ1) is 10.2. The number of carbonyl (C=O) groups excluding carboxylic acids is 1. The fraction of sp³-hybridized carbons (Fsp3) is 0.562. The number of carbonyl (C=O) groups is 1. The summed E-state index contributed by atoms with van der Waals surface area (Å²) in [5.74, 6) is -0.0586. The number of benzene rings is 1. The van der Waals surface area contributed by atoms with Gasteiger partial charge in [0.15, 0.2) is 0 Å². The summed E-state index contributed by atoms with van der Waals surface area (Å²) in [5.41, 5.74) is 1.85. The number of amides is 1. The van der Waals surface area contributed by atoms with Gasteiger partial charge in [0.1, 0.15) is 0 Å². The summed E-state index contributed by atoms with van der Waals surface area (Å²) >= 11 is 0. The smallest absolute Gasteiger partial charge is 0.251 e. The van der Waals surface area contributed by atoms with Gasteiger partial charge >= 0.3 is 0 Å². The van der Waals surface area contributed by atoms with Crippen LogP contribution in [-0.2, 0) is 9.47 Å². The molecule has 1 aromatic carbocycles. The Morgan fingerprint density at radius 1 is 1.24 bits per heavy atom. The highest BCUT2D eigenvalue weighted by Crippen LogP contribution is 2.21. The lowest BCUT2D eigenvalue weighted by atomic mass is 10.1. The van der Waals surface area contributed by atoms with Crippen molar-refractivity contribution < 1.29 is 14.3 Å². The third-order valence-corrected chi connectivity index (χ3v) is 3.86. The predicted octanol–water partition coefficient (Wildman–Crippen LogP) is 1.68. The van der Waals surface area contributed by atoms with Crippen molar-refractivity contribution in [3.05, 3.63) is 29.8 Å². The van der Waals surface area contributed by atoms with Crippen LogP contribution in [0.1, 0.15) is 23.2 Å². The fourth-order valence-electron chi connectivity index (χ4n) is 2.54. The van der Waals surface area contributed by atoms with Crippen LogP contribution < -0.4 is 10.2 Å². The lowest BCUT2D eigenvalue weighted by Gasteiger charge is -2.33. The molecule has 0 radical (unpaired) electrons. The lowest BCUT2D eigenvalue weighted by Crippen LogP contribution is -2.36. The first kappa shape index (κ1) is 15.8. The van der Waals surface area contributed by atoms with E-state index in [1.165, 1.54) is 0 Å². The van der Waals surface area contributed by atoms with E-state index in [1.807, 2.05) is 24.3 Å².